The maximum Gasteiger partial charge on any atom is 0.194 e. The van der Waals surface area contributed by atoms with Crippen LogP contribution >= 0.6 is 0 Å². The molecule has 8 atom stereocenters. The van der Waals surface area contributed by atoms with Crippen molar-refractivity contribution in [2.45, 2.75) is 107 Å². The van der Waals surface area contributed by atoms with Gasteiger partial charge >= 0.3 is 0 Å². The molecule has 0 radical (unpaired) electrons. The zero-order valence-corrected chi connectivity index (χ0v) is 23.0. The molecular formula is C32H42O7. The third-order valence-electron chi connectivity index (χ3n) is 8.71. The number of benzene rings is 2. The monoisotopic (exact) mass is 538 g/mol. The zero-order valence-electron chi connectivity index (χ0n) is 23.0. The molecule has 4 saturated heterocycles. The molecule has 0 unspecified atom stereocenters. The van der Waals surface area contributed by atoms with E-state index in [1.807, 2.05) is 36.4 Å². The van der Waals surface area contributed by atoms with E-state index in [4.69, 9.17) is 33.2 Å². The second-order valence-corrected chi connectivity index (χ2v) is 11.3. The highest BCUT2D eigenvalue weighted by atomic mass is 16.7. The molecule has 4 aliphatic heterocycles. The maximum atomic E-state index is 6.87. The SMILES string of the molecule is CO[C@@]12CCC[C@@H]3O[C@H](COCc4ccccc4)[C@@H](OCc4ccccc4)C[C@H]3O[C@H]1C[C@H]1OCCC[C@@H]1O2. The normalized spacial score (nSPS) is 36.6. The summed E-state index contributed by atoms with van der Waals surface area (Å²) < 4.78 is 45.1. The molecule has 0 aliphatic carbocycles. The minimum atomic E-state index is -0.733. The Bertz CT molecular complexity index is 1020. The fourth-order valence-electron chi connectivity index (χ4n) is 6.61. The summed E-state index contributed by atoms with van der Waals surface area (Å²) in [5.41, 5.74) is 2.29. The van der Waals surface area contributed by atoms with Crippen LogP contribution in [0.3, 0.4) is 0 Å². The molecule has 212 valence electrons. The van der Waals surface area contributed by atoms with Crippen molar-refractivity contribution in [2.24, 2.45) is 0 Å². The third kappa shape index (κ3) is 6.41. The first-order chi connectivity index (χ1) is 19.2. The maximum absolute atomic E-state index is 6.87. The smallest absolute Gasteiger partial charge is 0.194 e. The number of ether oxygens (including phenoxy) is 7. The van der Waals surface area contributed by atoms with Gasteiger partial charge in [0.2, 0.25) is 0 Å². The lowest BCUT2D eigenvalue weighted by Crippen LogP contribution is -2.63. The summed E-state index contributed by atoms with van der Waals surface area (Å²) in [4.78, 5) is 0. The highest BCUT2D eigenvalue weighted by Gasteiger charge is 2.54. The summed E-state index contributed by atoms with van der Waals surface area (Å²) >= 11 is 0. The van der Waals surface area contributed by atoms with E-state index in [2.05, 4.69) is 24.3 Å². The first-order valence-corrected chi connectivity index (χ1v) is 14.6. The second kappa shape index (κ2) is 12.8. The van der Waals surface area contributed by atoms with Crippen LogP contribution in [0.4, 0.5) is 0 Å². The molecule has 0 aromatic heterocycles. The van der Waals surface area contributed by atoms with Crippen molar-refractivity contribution in [3.05, 3.63) is 71.8 Å². The van der Waals surface area contributed by atoms with E-state index in [9.17, 15) is 0 Å². The van der Waals surface area contributed by atoms with Gasteiger partial charge in [0.1, 0.15) is 12.2 Å². The molecule has 0 spiro atoms. The van der Waals surface area contributed by atoms with Crippen LogP contribution in [0.1, 0.15) is 56.1 Å². The fraction of sp³-hybridized carbons (Fsp3) is 0.625. The Morgan fingerprint density at radius 1 is 0.795 bits per heavy atom. The van der Waals surface area contributed by atoms with Gasteiger partial charge in [0.15, 0.2) is 5.79 Å². The van der Waals surface area contributed by atoms with E-state index in [1.54, 1.807) is 7.11 Å². The van der Waals surface area contributed by atoms with Gasteiger partial charge in [-0.3, -0.25) is 0 Å². The van der Waals surface area contributed by atoms with Gasteiger partial charge in [0, 0.05) is 33.0 Å². The molecular weight excluding hydrogens is 496 g/mol. The van der Waals surface area contributed by atoms with Crippen molar-refractivity contribution in [3.8, 4) is 0 Å². The molecule has 39 heavy (non-hydrogen) atoms. The van der Waals surface area contributed by atoms with Crippen LogP contribution in [0.25, 0.3) is 0 Å². The summed E-state index contributed by atoms with van der Waals surface area (Å²) in [6.45, 7) is 2.33. The summed E-state index contributed by atoms with van der Waals surface area (Å²) in [5, 5.41) is 0. The van der Waals surface area contributed by atoms with Crippen molar-refractivity contribution >= 4 is 0 Å². The quantitative estimate of drug-likeness (QED) is 0.458. The summed E-state index contributed by atoms with van der Waals surface area (Å²) in [6, 6.07) is 20.5. The lowest BCUT2D eigenvalue weighted by Gasteiger charge is -2.53. The molecule has 7 heteroatoms. The van der Waals surface area contributed by atoms with Crippen molar-refractivity contribution in [1.82, 2.24) is 0 Å². The lowest BCUT2D eigenvalue weighted by molar-refractivity contribution is -0.367. The van der Waals surface area contributed by atoms with Crippen LogP contribution in [0.15, 0.2) is 60.7 Å². The Morgan fingerprint density at radius 2 is 1.54 bits per heavy atom. The minimum Gasteiger partial charge on any atom is -0.375 e. The summed E-state index contributed by atoms with van der Waals surface area (Å²) in [5.74, 6) is -0.733. The van der Waals surface area contributed by atoms with E-state index in [0.717, 1.165) is 62.7 Å². The van der Waals surface area contributed by atoms with E-state index < -0.39 is 5.79 Å². The van der Waals surface area contributed by atoms with Crippen LogP contribution in [-0.2, 0) is 46.4 Å². The zero-order chi connectivity index (χ0) is 26.5. The average Bonchev–Trinajstić information content (AvgIpc) is 2.97. The van der Waals surface area contributed by atoms with Crippen molar-refractivity contribution in [2.75, 3.05) is 20.3 Å². The van der Waals surface area contributed by atoms with Crippen LogP contribution in [0.5, 0.6) is 0 Å². The number of rotatable bonds is 8. The summed E-state index contributed by atoms with van der Waals surface area (Å²) in [7, 11) is 1.75. The minimum absolute atomic E-state index is 0.0215. The molecule has 2 aromatic carbocycles. The molecule has 0 amide bonds. The summed E-state index contributed by atoms with van der Waals surface area (Å²) in [6.07, 6.45) is 5.64. The third-order valence-corrected chi connectivity index (χ3v) is 8.71. The standard InChI is InChI=1S/C32H42O7/c1-33-32-16-8-14-25-29(38-31(32)19-28-26(39-32)15-9-17-35-28)18-27(36-21-24-12-6-3-7-13-24)30(37-25)22-34-20-23-10-4-2-5-11-23/h2-7,10-13,25-31H,8-9,14-22H2,1H3/t25-,26-,27-,28+,29+,30+,31-,32+/m0/s1. The number of methoxy groups -OCH3 is 1. The molecule has 4 heterocycles. The highest BCUT2D eigenvalue weighted by molar-refractivity contribution is 5.14. The molecule has 6 rings (SSSR count). The van der Waals surface area contributed by atoms with Gasteiger partial charge < -0.3 is 33.2 Å². The van der Waals surface area contributed by atoms with Gasteiger partial charge in [-0.15, -0.1) is 0 Å². The van der Waals surface area contributed by atoms with Crippen molar-refractivity contribution in [3.63, 3.8) is 0 Å². The Kier molecular flexibility index (Phi) is 8.95. The highest BCUT2D eigenvalue weighted by Crippen LogP contribution is 2.44. The van der Waals surface area contributed by atoms with E-state index in [0.29, 0.717) is 19.8 Å². The van der Waals surface area contributed by atoms with E-state index in [1.165, 1.54) is 0 Å². The lowest BCUT2D eigenvalue weighted by atomic mass is 9.85. The van der Waals surface area contributed by atoms with Gasteiger partial charge in [-0.1, -0.05) is 60.7 Å². The number of fused-ring (bicyclic) bond motifs is 3. The molecule has 0 N–H and O–H groups in total. The Balaban J connectivity index is 1.16. The Hall–Kier alpha value is -1.84. The van der Waals surface area contributed by atoms with Crippen LogP contribution in [-0.4, -0.2) is 68.8 Å². The van der Waals surface area contributed by atoms with Crippen molar-refractivity contribution in [1.29, 1.82) is 0 Å². The van der Waals surface area contributed by atoms with E-state index in [-0.39, 0.29) is 42.7 Å². The second-order valence-electron chi connectivity index (χ2n) is 11.3. The van der Waals surface area contributed by atoms with Gasteiger partial charge in [-0.25, -0.2) is 0 Å². The van der Waals surface area contributed by atoms with Gasteiger partial charge in [-0.05, 0) is 36.8 Å². The first kappa shape index (κ1) is 27.3. The van der Waals surface area contributed by atoms with Crippen LogP contribution in [0.2, 0.25) is 0 Å². The molecule has 4 fully saturated rings. The number of hydrogen-bond donors (Lipinski definition) is 0. The molecule has 2 aromatic rings. The molecule has 0 bridgehead atoms. The predicted octanol–water partition coefficient (Wildman–Crippen LogP) is 5.19. The van der Waals surface area contributed by atoms with Gasteiger partial charge in [0.25, 0.3) is 0 Å². The largest absolute Gasteiger partial charge is 0.375 e. The van der Waals surface area contributed by atoms with Crippen LogP contribution < -0.4 is 0 Å². The first-order valence-electron chi connectivity index (χ1n) is 14.6. The number of hydrogen-bond acceptors (Lipinski definition) is 7. The fourth-order valence-corrected chi connectivity index (χ4v) is 6.61. The van der Waals surface area contributed by atoms with Gasteiger partial charge in [0.05, 0.1) is 50.3 Å². The predicted molar refractivity (Wildman–Crippen MR) is 145 cm³/mol. The van der Waals surface area contributed by atoms with Crippen LogP contribution in [0, 0.1) is 0 Å². The molecule has 0 saturated carbocycles. The van der Waals surface area contributed by atoms with Gasteiger partial charge in [-0.2, -0.15) is 0 Å². The molecule has 7 nitrogen and oxygen atoms in total. The average molecular weight is 539 g/mol. The topological polar surface area (TPSA) is 64.6 Å². The van der Waals surface area contributed by atoms with E-state index >= 15 is 0 Å². The molecule has 4 aliphatic rings. The Labute approximate surface area is 232 Å². The Morgan fingerprint density at radius 3 is 2.31 bits per heavy atom. The van der Waals surface area contributed by atoms with Crippen molar-refractivity contribution < 1.29 is 33.2 Å².